The second-order valence-electron chi connectivity index (χ2n) is 4.62. The third-order valence-electron chi connectivity index (χ3n) is 3.23. The Bertz CT molecular complexity index is 710. The van der Waals surface area contributed by atoms with Crippen molar-refractivity contribution in [3.63, 3.8) is 0 Å². The van der Waals surface area contributed by atoms with E-state index >= 15 is 0 Å². The summed E-state index contributed by atoms with van der Waals surface area (Å²) in [5.41, 5.74) is 0.0850. The average Bonchev–Trinajstić information content (AvgIpc) is 2.86. The number of likely N-dealkylation sites (tertiary alicyclic amines) is 1. The molecule has 2 aromatic rings. The van der Waals surface area contributed by atoms with Crippen LogP contribution in [0, 0.1) is 5.95 Å². The standard InChI is InChI=1S/C12H10FN5O3/c13-10-3-7(1-2-14-10)11(19)17-4-8(5-17)18-6-9(12(20)21)15-16-18/h1-3,6,8H,4-5H2,(H,20,21). The molecule has 0 aliphatic carbocycles. The lowest BCUT2D eigenvalue weighted by molar-refractivity contribution is 0.0497. The van der Waals surface area contributed by atoms with Crippen LogP contribution >= 0.6 is 0 Å². The second kappa shape index (κ2) is 4.93. The first-order valence-electron chi connectivity index (χ1n) is 6.10. The van der Waals surface area contributed by atoms with Gasteiger partial charge in [-0.3, -0.25) is 4.79 Å². The molecule has 2 aromatic heterocycles. The van der Waals surface area contributed by atoms with Gasteiger partial charge < -0.3 is 10.0 Å². The molecular formula is C12H10FN5O3. The zero-order valence-electron chi connectivity index (χ0n) is 10.7. The van der Waals surface area contributed by atoms with Crippen LogP contribution in [0.3, 0.4) is 0 Å². The van der Waals surface area contributed by atoms with Gasteiger partial charge in [-0.1, -0.05) is 5.21 Å². The lowest BCUT2D eigenvalue weighted by atomic mass is 10.1. The maximum atomic E-state index is 13.0. The normalized spacial score (nSPS) is 14.8. The second-order valence-corrected chi connectivity index (χ2v) is 4.62. The summed E-state index contributed by atoms with van der Waals surface area (Å²) in [5.74, 6) is -2.16. The number of hydrogen-bond acceptors (Lipinski definition) is 5. The molecule has 21 heavy (non-hydrogen) atoms. The number of carbonyl (C=O) groups is 2. The van der Waals surface area contributed by atoms with E-state index in [2.05, 4.69) is 15.3 Å². The highest BCUT2D eigenvalue weighted by Gasteiger charge is 2.33. The van der Waals surface area contributed by atoms with E-state index in [-0.39, 0.29) is 23.2 Å². The molecule has 1 aliphatic heterocycles. The molecule has 3 heterocycles. The number of aromatic nitrogens is 4. The molecule has 1 aliphatic rings. The molecule has 0 atom stereocenters. The average molecular weight is 291 g/mol. The van der Waals surface area contributed by atoms with Gasteiger partial charge in [0.15, 0.2) is 5.69 Å². The minimum absolute atomic E-state index is 0.124. The predicted molar refractivity (Wildman–Crippen MR) is 66.1 cm³/mol. The van der Waals surface area contributed by atoms with Gasteiger partial charge >= 0.3 is 5.97 Å². The van der Waals surface area contributed by atoms with Crippen molar-refractivity contribution in [3.05, 3.63) is 41.7 Å². The van der Waals surface area contributed by atoms with E-state index in [9.17, 15) is 14.0 Å². The van der Waals surface area contributed by atoms with E-state index in [0.717, 1.165) is 6.07 Å². The summed E-state index contributed by atoms with van der Waals surface area (Å²) in [5, 5.41) is 16.0. The number of amides is 1. The molecule has 1 amide bonds. The highest BCUT2D eigenvalue weighted by Crippen LogP contribution is 2.22. The molecule has 0 bridgehead atoms. The number of carbonyl (C=O) groups excluding carboxylic acids is 1. The van der Waals surface area contributed by atoms with E-state index < -0.39 is 11.9 Å². The Morgan fingerprint density at radius 1 is 1.38 bits per heavy atom. The largest absolute Gasteiger partial charge is 0.476 e. The summed E-state index contributed by atoms with van der Waals surface area (Å²) in [6.45, 7) is 0.733. The van der Waals surface area contributed by atoms with Gasteiger partial charge in [-0.2, -0.15) is 4.39 Å². The van der Waals surface area contributed by atoms with Gasteiger partial charge in [0.25, 0.3) is 5.91 Å². The van der Waals surface area contributed by atoms with Crippen LogP contribution in [0.2, 0.25) is 0 Å². The highest BCUT2D eigenvalue weighted by atomic mass is 19.1. The van der Waals surface area contributed by atoms with Crippen molar-refractivity contribution >= 4 is 11.9 Å². The fourth-order valence-electron chi connectivity index (χ4n) is 2.06. The Kier molecular flexibility index (Phi) is 3.09. The number of hydrogen-bond donors (Lipinski definition) is 1. The third-order valence-corrected chi connectivity index (χ3v) is 3.23. The summed E-state index contributed by atoms with van der Waals surface area (Å²) in [6.07, 6.45) is 2.55. The Hall–Kier alpha value is -2.84. The number of carboxylic acids is 1. The fourth-order valence-corrected chi connectivity index (χ4v) is 2.06. The van der Waals surface area contributed by atoms with Gasteiger partial charge in [0, 0.05) is 30.9 Å². The Morgan fingerprint density at radius 3 is 2.76 bits per heavy atom. The zero-order chi connectivity index (χ0) is 15.0. The Balaban J connectivity index is 1.65. The number of pyridine rings is 1. The van der Waals surface area contributed by atoms with Crippen molar-refractivity contribution in [1.29, 1.82) is 0 Å². The van der Waals surface area contributed by atoms with Gasteiger partial charge in [0.1, 0.15) is 0 Å². The molecule has 0 unspecified atom stereocenters. The molecule has 1 fully saturated rings. The van der Waals surface area contributed by atoms with Crippen LogP contribution in [0.15, 0.2) is 24.5 Å². The molecule has 3 rings (SSSR count). The maximum absolute atomic E-state index is 13.0. The van der Waals surface area contributed by atoms with Crippen molar-refractivity contribution < 1.29 is 19.1 Å². The van der Waals surface area contributed by atoms with Crippen LogP contribution in [-0.4, -0.2) is 55.0 Å². The summed E-state index contributed by atoms with van der Waals surface area (Å²) in [6, 6.07) is 2.39. The number of nitrogens with zero attached hydrogens (tertiary/aromatic N) is 5. The van der Waals surface area contributed by atoms with Gasteiger partial charge in [0.05, 0.1) is 12.2 Å². The third kappa shape index (κ3) is 2.45. The predicted octanol–water partition coefficient (Wildman–Crippen LogP) is 0.208. The quantitative estimate of drug-likeness (QED) is 0.811. The van der Waals surface area contributed by atoms with Gasteiger partial charge in [0.2, 0.25) is 5.95 Å². The minimum Gasteiger partial charge on any atom is -0.476 e. The first-order valence-corrected chi connectivity index (χ1v) is 6.10. The van der Waals surface area contributed by atoms with E-state index in [1.807, 2.05) is 0 Å². The fraction of sp³-hybridized carbons (Fsp3) is 0.250. The molecule has 0 saturated carbocycles. The van der Waals surface area contributed by atoms with Crippen molar-refractivity contribution in [2.24, 2.45) is 0 Å². The highest BCUT2D eigenvalue weighted by molar-refractivity contribution is 5.94. The van der Waals surface area contributed by atoms with E-state index in [1.54, 1.807) is 0 Å². The van der Waals surface area contributed by atoms with E-state index in [1.165, 1.54) is 28.0 Å². The van der Waals surface area contributed by atoms with Crippen molar-refractivity contribution in [1.82, 2.24) is 24.9 Å². The Labute approximate surface area is 117 Å². The minimum atomic E-state index is -1.15. The summed E-state index contributed by atoms with van der Waals surface area (Å²) < 4.78 is 14.4. The lowest BCUT2D eigenvalue weighted by Crippen LogP contribution is -2.50. The van der Waals surface area contributed by atoms with Crippen LogP contribution in [-0.2, 0) is 0 Å². The molecule has 1 N–H and O–H groups in total. The summed E-state index contributed by atoms with van der Waals surface area (Å²) >= 11 is 0. The molecule has 1 saturated heterocycles. The van der Waals surface area contributed by atoms with Crippen LogP contribution in [0.5, 0.6) is 0 Å². The first-order chi connectivity index (χ1) is 10.0. The smallest absolute Gasteiger partial charge is 0.358 e. The number of carboxylic acid groups (broad SMARTS) is 1. The molecule has 9 heteroatoms. The number of aromatic carboxylic acids is 1. The van der Waals surface area contributed by atoms with Crippen molar-refractivity contribution in [2.45, 2.75) is 6.04 Å². The SMILES string of the molecule is O=C(O)c1cn(C2CN(C(=O)c3ccnc(F)c3)C2)nn1. The Morgan fingerprint density at radius 2 is 2.14 bits per heavy atom. The van der Waals surface area contributed by atoms with Crippen LogP contribution < -0.4 is 0 Å². The zero-order valence-corrected chi connectivity index (χ0v) is 10.7. The summed E-state index contributed by atoms with van der Waals surface area (Å²) in [4.78, 5) is 27.7. The molecule has 0 spiro atoms. The van der Waals surface area contributed by atoms with Gasteiger partial charge in [-0.15, -0.1) is 5.10 Å². The van der Waals surface area contributed by atoms with Crippen LogP contribution in [0.25, 0.3) is 0 Å². The topological polar surface area (TPSA) is 101 Å². The molecule has 108 valence electrons. The van der Waals surface area contributed by atoms with E-state index in [4.69, 9.17) is 5.11 Å². The first kappa shape index (κ1) is 13.2. The lowest BCUT2D eigenvalue weighted by Gasteiger charge is -2.38. The van der Waals surface area contributed by atoms with Gasteiger partial charge in [-0.05, 0) is 6.07 Å². The van der Waals surface area contributed by atoms with Crippen molar-refractivity contribution in [3.8, 4) is 0 Å². The molecule has 8 nitrogen and oxygen atoms in total. The molecular weight excluding hydrogens is 281 g/mol. The molecule has 0 aromatic carbocycles. The number of rotatable bonds is 3. The summed E-state index contributed by atoms with van der Waals surface area (Å²) in [7, 11) is 0. The van der Waals surface area contributed by atoms with Crippen LogP contribution in [0.1, 0.15) is 26.9 Å². The van der Waals surface area contributed by atoms with Crippen molar-refractivity contribution in [2.75, 3.05) is 13.1 Å². The molecule has 0 radical (unpaired) electrons. The van der Waals surface area contributed by atoms with Gasteiger partial charge in [-0.25, -0.2) is 14.5 Å². The maximum Gasteiger partial charge on any atom is 0.358 e. The van der Waals surface area contributed by atoms with E-state index in [0.29, 0.717) is 13.1 Å². The monoisotopic (exact) mass is 291 g/mol. The number of halogens is 1. The van der Waals surface area contributed by atoms with Crippen LogP contribution in [0.4, 0.5) is 4.39 Å².